The zero-order valence-corrected chi connectivity index (χ0v) is 26.7. The molecule has 3 aromatic carbocycles. The summed E-state index contributed by atoms with van der Waals surface area (Å²) >= 11 is 13.6. The molecule has 0 radical (unpaired) electrons. The molecule has 0 atom stereocenters. The van der Waals surface area contributed by atoms with Crippen molar-refractivity contribution in [3.05, 3.63) is 81.4 Å². The van der Waals surface area contributed by atoms with Crippen LogP contribution in [0.1, 0.15) is 21.5 Å². The van der Waals surface area contributed by atoms with Gasteiger partial charge in [0.25, 0.3) is 0 Å². The Morgan fingerprint density at radius 3 is 2.19 bits per heavy atom. The van der Waals surface area contributed by atoms with Gasteiger partial charge in [-0.3, -0.25) is 0 Å². The van der Waals surface area contributed by atoms with Gasteiger partial charge in [-0.25, -0.2) is 0 Å². The van der Waals surface area contributed by atoms with Gasteiger partial charge in [0.2, 0.25) is 0 Å². The average Bonchev–Trinajstić information content (AvgIpc) is 2.69. The van der Waals surface area contributed by atoms with Crippen molar-refractivity contribution < 1.29 is 78.9 Å². The topological polar surface area (TPSA) is 72.4 Å². The van der Waals surface area contributed by atoms with Gasteiger partial charge in [-0.05, 0) is 54.8 Å². The molecule has 4 nitrogen and oxygen atoms in total. The Balaban J connectivity index is 0.00000171. The number of ether oxygens (including phenoxy) is 1. The molecule has 0 saturated heterocycles. The number of fused-ring (bicyclic) bond motifs is 2. The number of carbonyl (C=O) groups is 1. The number of hydrogen-bond acceptors (Lipinski definition) is 4. The SMILES string of the molecule is C=c1c(Br)cc2c(c1Br)Oc1c(cc(Br)c([O-])c1Br)C=2c1ccccc1C(=O)[O-].[Na+].[Na+]. The maximum Gasteiger partial charge on any atom is 1.00 e. The van der Waals surface area contributed by atoms with E-state index in [9.17, 15) is 15.0 Å². The molecule has 1 aliphatic heterocycles. The molecular weight excluding hydrogens is 682 g/mol. The van der Waals surface area contributed by atoms with Gasteiger partial charge in [-0.2, -0.15) is 0 Å². The van der Waals surface area contributed by atoms with Crippen LogP contribution in [0.15, 0.2) is 54.3 Å². The third-order valence-electron chi connectivity index (χ3n) is 4.56. The smallest absolute Gasteiger partial charge is 0.871 e. The predicted octanol–water partition coefficient (Wildman–Crippen LogP) is -2.05. The Bertz CT molecular complexity index is 1340. The zero-order chi connectivity index (χ0) is 21.0. The number of halogens is 4. The van der Waals surface area contributed by atoms with Crippen molar-refractivity contribution in [1.29, 1.82) is 0 Å². The minimum absolute atomic E-state index is 0. The standard InChI is InChI=1S/C21H10Br4O4.2Na/c1-8-13(22)6-11-15(9-4-2-3-5-10(9)21(27)28)12-7-14(23)18(26)17(25)20(12)29-19(11)16(8)24;;/h2-7,26H,1H2,(H,27,28);;/q;2*+1/p-2. The normalized spacial score (nSPS) is 11.4. The first kappa shape index (κ1) is 27.6. The fourth-order valence-corrected chi connectivity index (χ4v) is 5.61. The quantitative estimate of drug-likeness (QED) is 0.228. The molecule has 1 aliphatic rings. The van der Waals surface area contributed by atoms with E-state index in [2.05, 4.69) is 70.3 Å². The Kier molecular flexibility index (Phi) is 9.59. The van der Waals surface area contributed by atoms with Gasteiger partial charge in [0.1, 0.15) is 11.5 Å². The van der Waals surface area contributed by atoms with Crippen molar-refractivity contribution >= 4 is 81.8 Å². The molecule has 1 heterocycles. The Morgan fingerprint density at radius 1 is 0.903 bits per heavy atom. The first-order valence-corrected chi connectivity index (χ1v) is 11.3. The summed E-state index contributed by atoms with van der Waals surface area (Å²) in [4.78, 5) is 11.8. The molecule has 0 fully saturated rings. The fourth-order valence-electron chi connectivity index (χ4n) is 3.21. The second-order valence-corrected chi connectivity index (χ2v) is 9.51. The van der Waals surface area contributed by atoms with Crippen LogP contribution >= 0.6 is 63.7 Å². The van der Waals surface area contributed by atoms with E-state index >= 15 is 0 Å². The number of benzene rings is 3. The van der Waals surface area contributed by atoms with Gasteiger partial charge in [0.05, 0.1) is 14.9 Å². The molecule has 0 N–H and O–H groups in total. The van der Waals surface area contributed by atoms with Crippen LogP contribution in [0.3, 0.4) is 0 Å². The van der Waals surface area contributed by atoms with Gasteiger partial charge in [-0.1, -0.05) is 68.5 Å². The number of carbonyl (C=O) groups excluding carboxylic acids is 1. The van der Waals surface area contributed by atoms with Crippen LogP contribution in [-0.4, -0.2) is 5.97 Å². The first-order chi connectivity index (χ1) is 13.7. The third kappa shape index (κ3) is 4.81. The molecule has 0 bridgehead atoms. The second-order valence-electron chi connectivity index (χ2n) is 6.22. The second kappa shape index (κ2) is 10.8. The molecule has 146 valence electrons. The Hall–Kier alpha value is 0.390. The van der Waals surface area contributed by atoms with Crippen molar-refractivity contribution in [2.24, 2.45) is 0 Å². The molecule has 0 amide bonds. The number of hydrogen-bond donors (Lipinski definition) is 0. The van der Waals surface area contributed by atoms with E-state index in [-0.39, 0.29) is 74.9 Å². The Labute approximate surface area is 255 Å². The molecule has 10 heteroatoms. The van der Waals surface area contributed by atoms with Gasteiger partial charge in [-0.15, -0.1) is 0 Å². The molecule has 4 rings (SSSR count). The van der Waals surface area contributed by atoms with Crippen LogP contribution in [0.4, 0.5) is 0 Å². The molecule has 31 heavy (non-hydrogen) atoms. The van der Waals surface area contributed by atoms with Gasteiger partial charge >= 0.3 is 59.1 Å². The van der Waals surface area contributed by atoms with Crippen LogP contribution in [0.5, 0.6) is 17.2 Å². The average molecular weight is 690 g/mol. The number of carboxylic acid groups (broad SMARTS) is 1. The van der Waals surface area contributed by atoms with Crippen molar-refractivity contribution in [3.8, 4) is 17.2 Å². The summed E-state index contributed by atoms with van der Waals surface area (Å²) in [5.41, 5.74) is 1.65. The zero-order valence-electron chi connectivity index (χ0n) is 16.3. The summed E-state index contributed by atoms with van der Waals surface area (Å²) in [7, 11) is 0. The molecule has 0 saturated carbocycles. The summed E-state index contributed by atoms with van der Waals surface area (Å²) < 4.78 is 7.98. The monoisotopic (exact) mass is 686 g/mol. The summed E-state index contributed by atoms with van der Waals surface area (Å²) in [6, 6.07) is 10.0. The van der Waals surface area contributed by atoms with Gasteiger partial charge < -0.3 is 19.7 Å². The minimum Gasteiger partial charge on any atom is -0.871 e. The van der Waals surface area contributed by atoms with Gasteiger partial charge in [0.15, 0.2) is 0 Å². The van der Waals surface area contributed by atoms with E-state index in [1.54, 1.807) is 24.3 Å². The summed E-state index contributed by atoms with van der Waals surface area (Å²) in [6.07, 6.45) is 0. The molecule has 3 aromatic rings. The van der Waals surface area contributed by atoms with Crippen LogP contribution in [-0.2, 0) is 0 Å². The van der Waals surface area contributed by atoms with Crippen molar-refractivity contribution in [2.45, 2.75) is 0 Å². The van der Waals surface area contributed by atoms with Crippen LogP contribution < -0.4 is 84.5 Å². The molecule has 0 unspecified atom stereocenters. The third-order valence-corrected chi connectivity index (χ3v) is 7.41. The van der Waals surface area contributed by atoms with Crippen LogP contribution in [0, 0.1) is 0 Å². The molecular formula is C21H8Br4Na2O4. The summed E-state index contributed by atoms with van der Waals surface area (Å²) in [5, 5.41) is 25.6. The van der Waals surface area contributed by atoms with E-state index in [4.69, 9.17) is 4.74 Å². The number of carboxylic acids is 1. The van der Waals surface area contributed by atoms with Crippen molar-refractivity contribution in [2.75, 3.05) is 0 Å². The van der Waals surface area contributed by atoms with Gasteiger partial charge in [0, 0.05) is 30.9 Å². The number of aromatic carboxylic acids is 1. The Morgan fingerprint density at radius 2 is 1.55 bits per heavy atom. The maximum absolute atomic E-state index is 12.5. The van der Waals surface area contributed by atoms with Crippen LogP contribution in [0.2, 0.25) is 0 Å². The predicted molar refractivity (Wildman–Crippen MR) is 120 cm³/mol. The first-order valence-electron chi connectivity index (χ1n) is 8.11. The van der Waals surface area contributed by atoms with E-state index in [1.807, 2.05) is 6.07 Å². The minimum atomic E-state index is -1.30. The number of rotatable bonds is 2. The molecule has 0 aromatic heterocycles. The van der Waals surface area contributed by atoms with Crippen molar-refractivity contribution in [1.82, 2.24) is 0 Å². The van der Waals surface area contributed by atoms with E-state index in [1.165, 1.54) is 6.07 Å². The van der Waals surface area contributed by atoms with E-state index in [0.29, 0.717) is 47.6 Å². The summed E-state index contributed by atoms with van der Waals surface area (Å²) in [5.74, 6) is -0.830. The fraction of sp³-hybridized carbons (Fsp3) is 0. The van der Waals surface area contributed by atoms with E-state index in [0.717, 1.165) is 4.47 Å². The van der Waals surface area contributed by atoms with Crippen LogP contribution in [0.25, 0.3) is 12.2 Å². The largest absolute Gasteiger partial charge is 1.00 e. The summed E-state index contributed by atoms with van der Waals surface area (Å²) in [6.45, 7) is 4.01. The molecule has 0 spiro atoms. The maximum atomic E-state index is 12.5. The molecule has 0 aliphatic carbocycles. The van der Waals surface area contributed by atoms with Crippen molar-refractivity contribution in [3.63, 3.8) is 0 Å². The van der Waals surface area contributed by atoms with E-state index < -0.39 is 5.97 Å².